The van der Waals surface area contributed by atoms with E-state index in [-0.39, 0.29) is 85.1 Å². The molecule has 542 valence electrons. The van der Waals surface area contributed by atoms with Crippen LogP contribution in [0.1, 0.15) is 382 Å². The monoisotopic (exact) mass is 1340 g/mol. The van der Waals surface area contributed by atoms with E-state index in [4.69, 9.17) is 33.4 Å². The van der Waals surface area contributed by atoms with Crippen LogP contribution in [0.3, 0.4) is 0 Å². The average Bonchev–Trinajstić information content (AvgIpc) is 0.715. The van der Waals surface area contributed by atoms with Gasteiger partial charge in [-0.3, -0.25) is 9.59 Å². The van der Waals surface area contributed by atoms with Gasteiger partial charge in [0.25, 0.3) is 0 Å². The molecule has 4 N–H and O–H groups in total. The highest BCUT2D eigenvalue weighted by molar-refractivity contribution is 6.25. The smallest absolute Gasteiger partial charge is 0.373 e. The Morgan fingerprint density at radius 2 is 0.726 bits per heavy atom. The summed E-state index contributed by atoms with van der Waals surface area (Å²) in [6.45, 7) is 13.6. The minimum absolute atomic E-state index is 0.0120. The number of carbonyl (C=O) groups is 6. The zero-order valence-electron chi connectivity index (χ0n) is 60.2. The first-order valence-corrected chi connectivity index (χ1v) is 37.5. The van der Waals surface area contributed by atoms with E-state index in [1.54, 1.807) is 0 Å². The largest absolute Gasteiger partial charge is 0.507 e. The number of Topliss-reactive ketones (excluding diaryl/α,β-unsaturated/α-hetero) is 2. The molecule has 0 amide bonds. The van der Waals surface area contributed by atoms with Crippen molar-refractivity contribution in [3.8, 4) is 5.75 Å². The molecule has 17 nitrogen and oxygen atoms in total. The zero-order valence-corrected chi connectivity index (χ0v) is 60.2. The Labute approximate surface area is 571 Å². The van der Waals surface area contributed by atoms with Crippen LogP contribution < -0.4 is 0 Å². The van der Waals surface area contributed by atoms with Gasteiger partial charge < -0.3 is 34.6 Å². The number of aromatic hydroxyl groups is 1. The molecule has 0 aliphatic carbocycles. The van der Waals surface area contributed by atoms with Crippen LogP contribution in [0.15, 0.2) is 0 Å². The first-order valence-electron chi connectivity index (χ1n) is 37.5. The van der Waals surface area contributed by atoms with E-state index in [0.29, 0.717) is 32.1 Å². The third kappa shape index (κ3) is 38.2. The molecule has 0 spiro atoms. The van der Waals surface area contributed by atoms with Gasteiger partial charge in [0.15, 0.2) is 5.78 Å². The van der Waals surface area contributed by atoms with Crippen molar-refractivity contribution < 1.29 is 82.6 Å². The normalized spacial score (nSPS) is 11.9. The molecule has 0 fully saturated rings. The molecule has 0 saturated heterocycles. The van der Waals surface area contributed by atoms with Gasteiger partial charge in [0, 0.05) is 29.5 Å². The number of phenolic OH excluding ortho intramolecular Hbond substituents is 1. The second-order valence-electron chi connectivity index (χ2n) is 26.3. The number of carbonyl (C=O) groups excluding carboxylic acids is 9. The number of ether oxygens (including phenoxy) is 3. The van der Waals surface area contributed by atoms with Crippen LogP contribution in [0, 0.1) is 18.8 Å². The van der Waals surface area contributed by atoms with Crippen LogP contribution in [-0.4, -0.2) is 101 Å². The molecule has 0 aromatic heterocycles. The highest BCUT2D eigenvalue weighted by Gasteiger charge is 2.38. The number of carboxylic acid groups (broad SMARTS) is 1. The number of aliphatic hydroxyl groups excluding tert-OH is 2. The maximum absolute atomic E-state index is 15.1. The van der Waals surface area contributed by atoms with E-state index in [0.717, 1.165) is 173 Å². The minimum atomic E-state index is -1.59. The van der Waals surface area contributed by atoms with Crippen LogP contribution >= 0.6 is 0 Å². The summed E-state index contributed by atoms with van der Waals surface area (Å²) >= 11 is 0. The van der Waals surface area contributed by atoms with Crippen molar-refractivity contribution in [2.75, 3.05) is 26.4 Å². The molecule has 0 bridgehead atoms. The van der Waals surface area contributed by atoms with Crippen molar-refractivity contribution >= 4 is 58.5 Å². The predicted molar refractivity (Wildman–Crippen MR) is 373 cm³/mol. The van der Waals surface area contributed by atoms with Crippen molar-refractivity contribution in [3.05, 3.63) is 38.9 Å². The fourth-order valence-corrected chi connectivity index (χ4v) is 12.7. The SMILES string of the molecule is CCCCCCCCCCCC(C)C(CO)C(=O)Cc1c(CCC(=O)C(O)CCCCCCCCCC)c(O)c2c(C(=O)OCCCCCCCCCC)c(C(=O)OCCCCCCCCCC)c(C)c(C(=O)OCCCCCCCCCC)c2c1C(=O)O.O=C=O.O=C=O. The number of phenols is 1. The van der Waals surface area contributed by atoms with E-state index in [2.05, 4.69) is 34.6 Å². The van der Waals surface area contributed by atoms with Crippen LogP contribution in [-0.2, 0) is 55.8 Å². The molecule has 0 heterocycles. The van der Waals surface area contributed by atoms with Gasteiger partial charge in [-0.2, -0.15) is 19.2 Å². The second-order valence-corrected chi connectivity index (χ2v) is 26.3. The van der Waals surface area contributed by atoms with Gasteiger partial charge in [0.2, 0.25) is 0 Å². The molecule has 2 aromatic carbocycles. The fourth-order valence-electron chi connectivity index (χ4n) is 12.7. The summed E-state index contributed by atoms with van der Waals surface area (Å²) in [5.41, 5.74) is -2.26. The van der Waals surface area contributed by atoms with Crippen molar-refractivity contribution in [1.82, 2.24) is 0 Å². The fraction of sp³-hybridized carbons (Fsp3) is 0.769. The Kier molecular flexibility index (Phi) is 56.1. The summed E-state index contributed by atoms with van der Waals surface area (Å²) in [5, 5.41) is 46.3. The molecular formula is C78H128O17. The van der Waals surface area contributed by atoms with Gasteiger partial charge in [-0.1, -0.05) is 286 Å². The van der Waals surface area contributed by atoms with Crippen molar-refractivity contribution in [2.24, 2.45) is 11.8 Å². The highest BCUT2D eigenvalue weighted by Crippen LogP contribution is 2.45. The standard InChI is InChI=1S/C76H128O13.2CO2/c1-8-13-18-23-28-33-34-39-44-49-58(6)62(57-77)65(80)56-61-60(51-52-64(79)63(78)50-45-40-35-29-24-19-14-9-2)72(81)70-69(68(61)73(82)83)66(74(84)87-53-46-41-36-30-25-20-15-10-3)59(7)67(75(85)88-54-47-42-37-31-26-21-16-11-4)71(70)76(86)89-55-48-43-38-32-27-22-17-12-5;2*2-1-3/h58,62-63,77-78,81H,8-57H2,1-7H3,(H,82,83);;. The lowest BCUT2D eigenvalue weighted by Crippen LogP contribution is -2.29. The summed E-state index contributed by atoms with van der Waals surface area (Å²) in [5.74, 6) is -7.56. The lowest BCUT2D eigenvalue weighted by atomic mass is 9.78. The van der Waals surface area contributed by atoms with Gasteiger partial charge >= 0.3 is 36.2 Å². The van der Waals surface area contributed by atoms with Crippen molar-refractivity contribution in [3.63, 3.8) is 0 Å². The molecule has 95 heavy (non-hydrogen) atoms. The first kappa shape index (κ1) is 89.4. The number of ketones is 2. The minimum Gasteiger partial charge on any atom is -0.507 e. The summed E-state index contributed by atoms with van der Waals surface area (Å²) in [6, 6.07) is 0. The molecule has 0 radical (unpaired) electrons. The van der Waals surface area contributed by atoms with E-state index in [1.807, 2.05) is 6.92 Å². The van der Waals surface area contributed by atoms with Crippen LogP contribution in [0.5, 0.6) is 5.75 Å². The van der Waals surface area contributed by atoms with Gasteiger partial charge in [-0.15, -0.1) is 0 Å². The number of hydrogen-bond acceptors (Lipinski definition) is 16. The Hall–Kier alpha value is -5.60. The maximum Gasteiger partial charge on any atom is 0.373 e. The molecule has 0 aliphatic heterocycles. The Morgan fingerprint density at radius 1 is 0.411 bits per heavy atom. The molecular weight excluding hydrogens is 1210 g/mol. The summed E-state index contributed by atoms with van der Waals surface area (Å²) in [4.78, 5) is 121. The second kappa shape index (κ2) is 59.6. The lowest BCUT2D eigenvalue weighted by molar-refractivity contribution is -0.193. The summed E-state index contributed by atoms with van der Waals surface area (Å²) in [6.07, 6.45) is 40.2. The Balaban J connectivity index is 0.0000141. The molecule has 3 atom stereocenters. The molecule has 3 unspecified atom stereocenters. The van der Waals surface area contributed by atoms with Gasteiger partial charge in [0.1, 0.15) is 17.6 Å². The molecule has 0 saturated carbocycles. The maximum atomic E-state index is 15.1. The highest BCUT2D eigenvalue weighted by atomic mass is 16.5. The number of esters is 3. The number of rotatable bonds is 59. The van der Waals surface area contributed by atoms with Crippen LogP contribution in [0.2, 0.25) is 0 Å². The van der Waals surface area contributed by atoms with Gasteiger partial charge in [-0.25, -0.2) is 19.2 Å². The summed E-state index contributed by atoms with van der Waals surface area (Å²) < 4.78 is 18.0. The summed E-state index contributed by atoms with van der Waals surface area (Å²) in [7, 11) is 0. The molecule has 2 rings (SSSR count). The molecule has 0 aliphatic rings. The number of aliphatic hydroxyl groups is 2. The number of carboxylic acids is 1. The van der Waals surface area contributed by atoms with Gasteiger partial charge in [-0.05, 0) is 68.1 Å². The number of aromatic carboxylic acids is 1. The average molecular weight is 1340 g/mol. The topological polar surface area (TPSA) is 279 Å². The van der Waals surface area contributed by atoms with Crippen molar-refractivity contribution in [1.29, 1.82) is 0 Å². The zero-order chi connectivity index (χ0) is 70.9. The third-order valence-electron chi connectivity index (χ3n) is 18.4. The van der Waals surface area contributed by atoms with Crippen LogP contribution in [0.25, 0.3) is 10.8 Å². The third-order valence-corrected chi connectivity index (χ3v) is 18.4. The Morgan fingerprint density at radius 3 is 1.07 bits per heavy atom. The number of unbranched alkanes of at least 4 members (excludes halogenated alkanes) is 36. The van der Waals surface area contributed by atoms with E-state index < -0.39 is 88.1 Å². The molecule has 17 heteroatoms. The van der Waals surface area contributed by atoms with E-state index in [9.17, 15) is 39.6 Å². The van der Waals surface area contributed by atoms with Crippen LogP contribution in [0.4, 0.5) is 0 Å². The quantitative estimate of drug-likeness (QED) is 0.0272. The van der Waals surface area contributed by atoms with E-state index >= 15 is 9.59 Å². The number of benzene rings is 2. The Bertz CT molecular complexity index is 2480. The number of fused-ring (bicyclic) bond motifs is 1. The van der Waals surface area contributed by atoms with E-state index in [1.165, 1.54) is 71.1 Å². The van der Waals surface area contributed by atoms with Crippen molar-refractivity contribution in [2.45, 2.75) is 350 Å². The first-order chi connectivity index (χ1) is 46.0. The number of hydrogen-bond donors (Lipinski definition) is 4. The predicted octanol–water partition coefficient (Wildman–Crippen LogP) is 18.9. The van der Waals surface area contributed by atoms with Gasteiger partial charge in [0.05, 0.1) is 48.7 Å². The lowest BCUT2D eigenvalue weighted by Gasteiger charge is -2.26. The molecule has 2 aromatic rings.